The van der Waals surface area contributed by atoms with E-state index in [1.54, 1.807) is 7.05 Å². The van der Waals surface area contributed by atoms with Crippen molar-refractivity contribution in [2.75, 3.05) is 18.9 Å². The fraction of sp³-hybridized carbons (Fsp3) is 0.375. The van der Waals surface area contributed by atoms with Crippen LogP contribution in [0.1, 0.15) is 0 Å². The highest BCUT2D eigenvalue weighted by molar-refractivity contribution is 5.91. The van der Waals surface area contributed by atoms with Gasteiger partial charge in [-0.25, -0.2) is 0 Å². The molecule has 0 radical (unpaired) electrons. The van der Waals surface area contributed by atoms with Crippen molar-refractivity contribution in [1.82, 2.24) is 9.88 Å². The number of rotatable bonds is 3. The van der Waals surface area contributed by atoms with Crippen LogP contribution in [0.4, 0.5) is 5.82 Å². The summed E-state index contributed by atoms with van der Waals surface area (Å²) in [5.41, 5.74) is 0. The van der Waals surface area contributed by atoms with Crippen molar-refractivity contribution in [2.45, 2.75) is 0 Å². The van der Waals surface area contributed by atoms with Crippen LogP contribution in [0.5, 0.6) is 0 Å². The monoisotopic (exact) mass is 167 g/mol. The highest BCUT2D eigenvalue weighted by Crippen LogP contribution is 2.04. The first-order valence-corrected chi connectivity index (χ1v) is 3.80. The van der Waals surface area contributed by atoms with Crippen LogP contribution in [0.25, 0.3) is 0 Å². The number of nitrogens with one attached hydrogen (secondary N) is 2. The van der Waals surface area contributed by atoms with Crippen molar-refractivity contribution >= 4 is 11.7 Å². The van der Waals surface area contributed by atoms with E-state index in [1.807, 2.05) is 29.9 Å². The smallest absolute Gasteiger partial charge is 0.239 e. The Bertz CT molecular complexity index is 267. The second kappa shape index (κ2) is 3.92. The molecule has 4 heteroatoms. The van der Waals surface area contributed by atoms with E-state index in [-0.39, 0.29) is 5.91 Å². The first-order valence-electron chi connectivity index (χ1n) is 3.80. The zero-order valence-corrected chi connectivity index (χ0v) is 7.29. The Hall–Kier alpha value is -1.29. The Balaban J connectivity index is 2.52. The number of hydrogen-bond donors (Lipinski definition) is 2. The van der Waals surface area contributed by atoms with Crippen LogP contribution in [0, 0.1) is 0 Å². The zero-order valence-electron chi connectivity index (χ0n) is 7.29. The van der Waals surface area contributed by atoms with Gasteiger partial charge in [0.25, 0.3) is 0 Å². The number of amides is 1. The maximum absolute atomic E-state index is 11.1. The van der Waals surface area contributed by atoms with Gasteiger partial charge in [-0.3, -0.25) is 4.79 Å². The molecule has 12 heavy (non-hydrogen) atoms. The number of carbonyl (C=O) groups excluding carboxylic acids is 1. The molecule has 1 rings (SSSR count). The minimum atomic E-state index is -0.0284. The lowest BCUT2D eigenvalue weighted by Crippen LogP contribution is -2.25. The topological polar surface area (TPSA) is 46.1 Å². The molecule has 1 heterocycles. The van der Waals surface area contributed by atoms with E-state index in [2.05, 4.69) is 10.6 Å². The van der Waals surface area contributed by atoms with Crippen LogP contribution in [0.15, 0.2) is 18.3 Å². The number of aromatic nitrogens is 1. The maximum Gasteiger partial charge on any atom is 0.239 e. The van der Waals surface area contributed by atoms with Crippen LogP contribution in [-0.2, 0) is 11.8 Å². The van der Waals surface area contributed by atoms with E-state index in [0.29, 0.717) is 6.54 Å². The molecule has 0 saturated heterocycles. The van der Waals surface area contributed by atoms with Crippen molar-refractivity contribution < 1.29 is 4.79 Å². The van der Waals surface area contributed by atoms with Gasteiger partial charge in [-0.2, -0.15) is 0 Å². The summed E-state index contributed by atoms with van der Waals surface area (Å²) in [5, 5.41) is 5.53. The van der Waals surface area contributed by atoms with Crippen LogP contribution in [-0.4, -0.2) is 24.1 Å². The summed E-state index contributed by atoms with van der Waals surface area (Å²) >= 11 is 0. The molecule has 0 aliphatic carbocycles. The first kappa shape index (κ1) is 8.80. The average Bonchev–Trinajstić information content (AvgIpc) is 2.37. The fourth-order valence-corrected chi connectivity index (χ4v) is 0.939. The maximum atomic E-state index is 11.1. The first-order chi connectivity index (χ1) is 5.74. The van der Waals surface area contributed by atoms with Crippen molar-refractivity contribution in [1.29, 1.82) is 0 Å². The van der Waals surface area contributed by atoms with Gasteiger partial charge in [0.05, 0.1) is 6.54 Å². The summed E-state index contributed by atoms with van der Waals surface area (Å²) in [5.74, 6) is 0.787. The highest BCUT2D eigenvalue weighted by Gasteiger charge is 2.01. The lowest BCUT2D eigenvalue weighted by Gasteiger charge is -2.04. The number of nitrogens with zero attached hydrogens (tertiary/aromatic N) is 1. The number of anilines is 1. The molecule has 0 aliphatic heterocycles. The Morgan fingerprint density at radius 2 is 2.42 bits per heavy atom. The SMILES string of the molecule is CNCC(=O)Nc1cccn1C. The third-order valence-corrected chi connectivity index (χ3v) is 1.55. The average molecular weight is 167 g/mol. The molecule has 2 N–H and O–H groups in total. The minimum absolute atomic E-state index is 0.0284. The van der Waals surface area contributed by atoms with E-state index in [0.717, 1.165) is 5.82 Å². The summed E-state index contributed by atoms with van der Waals surface area (Å²) in [6, 6.07) is 3.74. The third kappa shape index (κ3) is 2.10. The molecular formula is C8H13N3O. The Morgan fingerprint density at radius 1 is 1.67 bits per heavy atom. The van der Waals surface area contributed by atoms with Gasteiger partial charge in [0.1, 0.15) is 5.82 Å². The normalized spacial score (nSPS) is 9.83. The molecular weight excluding hydrogens is 154 g/mol. The number of likely N-dealkylation sites (N-methyl/N-ethyl adjacent to an activating group) is 1. The predicted octanol–water partition coefficient (Wildman–Crippen LogP) is 0.183. The van der Waals surface area contributed by atoms with Crippen molar-refractivity contribution in [2.24, 2.45) is 7.05 Å². The Morgan fingerprint density at radius 3 is 2.92 bits per heavy atom. The third-order valence-electron chi connectivity index (χ3n) is 1.55. The summed E-state index contributed by atoms with van der Waals surface area (Å²) in [4.78, 5) is 11.1. The summed E-state index contributed by atoms with van der Waals surface area (Å²) in [7, 11) is 3.62. The van der Waals surface area contributed by atoms with Gasteiger partial charge in [-0.05, 0) is 19.2 Å². The molecule has 0 aliphatic rings. The van der Waals surface area contributed by atoms with Crippen LogP contribution in [0.3, 0.4) is 0 Å². The summed E-state index contributed by atoms with van der Waals surface area (Å²) < 4.78 is 1.85. The van der Waals surface area contributed by atoms with Gasteiger partial charge < -0.3 is 15.2 Å². The van der Waals surface area contributed by atoms with Gasteiger partial charge >= 0.3 is 0 Å². The zero-order chi connectivity index (χ0) is 8.97. The lowest BCUT2D eigenvalue weighted by molar-refractivity contribution is -0.115. The van der Waals surface area contributed by atoms with Gasteiger partial charge in [0, 0.05) is 13.2 Å². The van der Waals surface area contributed by atoms with E-state index in [4.69, 9.17) is 0 Å². The number of carbonyl (C=O) groups is 1. The van der Waals surface area contributed by atoms with Crippen LogP contribution >= 0.6 is 0 Å². The van der Waals surface area contributed by atoms with Gasteiger partial charge in [0.15, 0.2) is 0 Å². The number of hydrogen-bond acceptors (Lipinski definition) is 2. The van der Waals surface area contributed by atoms with Gasteiger partial charge in [-0.15, -0.1) is 0 Å². The standard InChI is InChI=1S/C8H13N3O/c1-9-6-8(12)10-7-4-3-5-11(7)2/h3-5,9H,6H2,1-2H3,(H,10,12). The molecule has 0 aromatic carbocycles. The van der Waals surface area contributed by atoms with E-state index < -0.39 is 0 Å². The van der Waals surface area contributed by atoms with Crippen molar-refractivity contribution in [3.8, 4) is 0 Å². The van der Waals surface area contributed by atoms with Crippen LogP contribution in [0.2, 0.25) is 0 Å². The summed E-state index contributed by atoms with van der Waals surface area (Å²) in [6.07, 6.45) is 1.88. The molecule has 1 aromatic rings. The Labute approximate surface area is 71.6 Å². The second-order valence-electron chi connectivity index (χ2n) is 2.58. The van der Waals surface area contributed by atoms with Gasteiger partial charge in [0.2, 0.25) is 5.91 Å². The quantitative estimate of drug-likeness (QED) is 0.674. The Kier molecular flexibility index (Phi) is 2.88. The minimum Gasteiger partial charge on any atom is -0.338 e. The van der Waals surface area contributed by atoms with E-state index in [1.165, 1.54) is 0 Å². The largest absolute Gasteiger partial charge is 0.338 e. The fourth-order valence-electron chi connectivity index (χ4n) is 0.939. The molecule has 66 valence electrons. The molecule has 0 atom stereocenters. The highest BCUT2D eigenvalue weighted by atomic mass is 16.1. The molecule has 0 saturated carbocycles. The van der Waals surface area contributed by atoms with Crippen molar-refractivity contribution in [3.63, 3.8) is 0 Å². The van der Waals surface area contributed by atoms with Crippen LogP contribution < -0.4 is 10.6 Å². The predicted molar refractivity (Wildman–Crippen MR) is 48.0 cm³/mol. The lowest BCUT2D eigenvalue weighted by atomic mass is 10.5. The molecule has 0 fully saturated rings. The molecule has 0 bridgehead atoms. The molecule has 0 spiro atoms. The summed E-state index contributed by atoms with van der Waals surface area (Å²) in [6.45, 7) is 0.338. The molecule has 0 unspecified atom stereocenters. The van der Waals surface area contributed by atoms with Gasteiger partial charge in [-0.1, -0.05) is 0 Å². The number of aryl methyl sites for hydroxylation is 1. The van der Waals surface area contributed by atoms with E-state index >= 15 is 0 Å². The second-order valence-corrected chi connectivity index (χ2v) is 2.58. The van der Waals surface area contributed by atoms with E-state index in [9.17, 15) is 4.79 Å². The molecule has 4 nitrogen and oxygen atoms in total. The molecule has 1 aromatic heterocycles. The van der Waals surface area contributed by atoms with Crippen molar-refractivity contribution in [3.05, 3.63) is 18.3 Å². The molecule has 1 amide bonds.